The summed E-state index contributed by atoms with van der Waals surface area (Å²) in [5, 5.41) is 45.5. The Balaban J connectivity index is 2.07. The Morgan fingerprint density at radius 3 is 2.17 bits per heavy atom. The molecule has 3 aliphatic rings. The normalized spacial score (nSPS) is 32.7. The van der Waals surface area contributed by atoms with Crippen LogP contribution in [0.3, 0.4) is 0 Å². The maximum Gasteiger partial charge on any atom is 0.203 e. The fourth-order valence-corrected chi connectivity index (χ4v) is 7.19. The summed E-state index contributed by atoms with van der Waals surface area (Å²) in [6, 6.07) is 3.63. The van der Waals surface area contributed by atoms with Crippen LogP contribution >= 0.6 is 0 Å². The molecule has 0 saturated heterocycles. The Kier molecular flexibility index (Phi) is 5.42. The Bertz CT molecular complexity index is 1250. The number of aliphatic hydroxyl groups excluding tert-OH is 2. The quantitative estimate of drug-likeness (QED) is 0.472. The van der Waals surface area contributed by atoms with E-state index in [0.717, 1.165) is 6.92 Å². The van der Waals surface area contributed by atoms with Crippen molar-refractivity contribution < 1.29 is 34.8 Å². The highest BCUT2D eigenvalue weighted by molar-refractivity contribution is 6.24. The lowest BCUT2D eigenvalue weighted by molar-refractivity contribution is -0.178. The summed E-state index contributed by atoms with van der Waals surface area (Å²) in [6.45, 7) is 11.9. The van der Waals surface area contributed by atoms with Crippen LogP contribution in [0.15, 0.2) is 29.0 Å². The van der Waals surface area contributed by atoms with Gasteiger partial charge in [0.1, 0.15) is 22.8 Å². The molecule has 0 bridgehead atoms. The number of phenolic OH excluding ortho intramolecular Hbond substituents is 1. The Labute approximate surface area is 205 Å². The molecule has 0 aliphatic heterocycles. The molecule has 0 amide bonds. The van der Waals surface area contributed by atoms with E-state index in [1.165, 1.54) is 0 Å². The first-order valence-corrected chi connectivity index (χ1v) is 12.1. The average molecular weight is 483 g/mol. The molecule has 1 saturated carbocycles. The van der Waals surface area contributed by atoms with Crippen molar-refractivity contribution in [2.75, 3.05) is 0 Å². The molecule has 0 spiro atoms. The van der Waals surface area contributed by atoms with Gasteiger partial charge in [0.05, 0.1) is 5.56 Å². The van der Waals surface area contributed by atoms with E-state index >= 15 is 0 Å². The van der Waals surface area contributed by atoms with Crippen molar-refractivity contribution in [2.24, 2.45) is 22.7 Å². The van der Waals surface area contributed by atoms with Crippen LogP contribution in [-0.4, -0.2) is 43.4 Å². The first-order chi connectivity index (χ1) is 16.0. The highest BCUT2D eigenvalue weighted by Crippen LogP contribution is 2.65. The van der Waals surface area contributed by atoms with Crippen LogP contribution in [0.2, 0.25) is 0 Å². The van der Waals surface area contributed by atoms with Gasteiger partial charge >= 0.3 is 0 Å². The number of ketones is 3. The van der Waals surface area contributed by atoms with Crippen molar-refractivity contribution in [1.82, 2.24) is 0 Å². The number of Topliss-reactive ketones (excluding diaryl/α,β-unsaturated/α-hetero) is 3. The maximum absolute atomic E-state index is 14.2. The minimum absolute atomic E-state index is 0.0396. The number of carbonyl (C=O) groups is 3. The summed E-state index contributed by atoms with van der Waals surface area (Å²) in [4.78, 5) is 40.0. The number of carbonyl (C=O) groups excluding carboxylic acids is 3. The summed E-state index contributed by atoms with van der Waals surface area (Å²) >= 11 is 0. The number of hydrogen-bond acceptors (Lipinski definition) is 7. The molecule has 3 aliphatic carbocycles. The van der Waals surface area contributed by atoms with Crippen LogP contribution in [0.25, 0.3) is 5.76 Å². The van der Waals surface area contributed by atoms with Crippen LogP contribution in [0.5, 0.6) is 5.75 Å². The fraction of sp³-hybridized carbons (Fsp3) is 0.536. The highest BCUT2D eigenvalue weighted by Gasteiger charge is 2.72. The van der Waals surface area contributed by atoms with Gasteiger partial charge in [-0.15, -0.1) is 0 Å². The minimum Gasteiger partial charge on any atom is -0.508 e. The van der Waals surface area contributed by atoms with Gasteiger partial charge in [-0.1, -0.05) is 53.7 Å². The number of allylic oxidation sites excluding steroid dienone is 1. The zero-order valence-electron chi connectivity index (χ0n) is 21.3. The van der Waals surface area contributed by atoms with Gasteiger partial charge in [-0.05, 0) is 42.7 Å². The van der Waals surface area contributed by atoms with E-state index < -0.39 is 56.8 Å². The number of hydrogen-bond donors (Lipinski definition) is 4. The van der Waals surface area contributed by atoms with E-state index in [9.17, 15) is 34.8 Å². The van der Waals surface area contributed by atoms with Gasteiger partial charge in [0.15, 0.2) is 17.2 Å². The number of rotatable bonds is 3. The summed E-state index contributed by atoms with van der Waals surface area (Å²) in [7, 11) is 0. The third-order valence-corrected chi connectivity index (χ3v) is 8.53. The topological polar surface area (TPSA) is 132 Å². The predicted molar refractivity (Wildman–Crippen MR) is 130 cm³/mol. The second-order valence-corrected chi connectivity index (χ2v) is 11.7. The summed E-state index contributed by atoms with van der Waals surface area (Å²) < 4.78 is 0. The number of aliphatic hydroxyl groups is 3. The Morgan fingerprint density at radius 1 is 1.06 bits per heavy atom. The van der Waals surface area contributed by atoms with Crippen LogP contribution < -0.4 is 0 Å². The van der Waals surface area contributed by atoms with Crippen molar-refractivity contribution >= 4 is 23.1 Å². The molecule has 4 atom stereocenters. The molecule has 7 heteroatoms. The minimum atomic E-state index is -2.58. The Morgan fingerprint density at radius 2 is 1.66 bits per heavy atom. The number of aromatic hydroxyl groups is 1. The van der Waals surface area contributed by atoms with E-state index in [4.69, 9.17) is 0 Å². The van der Waals surface area contributed by atoms with Gasteiger partial charge in [-0.3, -0.25) is 14.4 Å². The second kappa shape index (κ2) is 7.53. The summed E-state index contributed by atoms with van der Waals surface area (Å²) in [5.74, 6) is -5.07. The lowest BCUT2D eigenvalue weighted by atomic mass is 9.43. The Hall–Kier alpha value is -2.93. The molecular formula is C28H34O7. The van der Waals surface area contributed by atoms with Gasteiger partial charge in [0.2, 0.25) is 5.78 Å². The van der Waals surface area contributed by atoms with E-state index in [1.54, 1.807) is 33.8 Å². The zero-order chi connectivity index (χ0) is 26.4. The molecule has 0 heterocycles. The van der Waals surface area contributed by atoms with E-state index in [0.29, 0.717) is 11.1 Å². The largest absolute Gasteiger partial charge is 0.508 e. The highest BCUT2D eigenvalue weighted by atomic mass is 16.3. The van der Waals surface area contributed by atoms with Gasteiger partial charge in [0.25, 0.3) is 0 Å². The molecule has 1 unspecified atom stereocenters. The molecular weight excluding hydrogens is 448 g/mol. The summed E-state index contributed by atoms with van der Waals surface area (Å²) in [6.07, 6.45) is 0.381. The number of phenols is 1. The molecule has 1 fully saturated rings. The second-order valence-electron chi connectivity index (χ2n) is 11.7. The first-order valence-electron chi connectivity index (χ1n) is 12.1. The predicted octanol–water partition coefficient (Wildman–Crippen LogP) is 4.31. The standard InChI is InChI=1S/C28H34O7/c1-12(2)16-9-8-15-10-26(6)11-27(7)19(13(3)4)22(31)17(14(5)29)24(33)28(27,35)25(34)20(26)23(32)18(15)21(16)30/h8-9,12-13,19,30,32-33,35H,10-11H2,1-7H3/t19?,26-,27-,28+/m1/s1. The van der Waals surface area contributed by atoms with Crippen molar-refractivity contribution in [3.8, 4) is 5.75 Å². The molecule has 0 aromatic heterocycles. The number of fused-ring (bicyclic) bond motifs is 3. The molecule has 1 aromatic rings. The molecule has 4 rings (SSSR count). The first kappa shape index (κ1) is 25.2. The van der Waals surface area contributed by atoms with E-state index in [2.05, 4.69) is 0 Å². The van der Waals surface area contributed by atoms with E-state index in [1.807, 2.05) is 19.9 Å². The third kappa shape index (κ3) is 2.97. The van der Waals surface area contributed by atoms with Gasteiger partial charge in [-0.25, -0.2) is 0 Å². The lowest BCUT2D eigenvalue weighted by Gasteiger charge is -2.59. The van der Waals surface area contributed by atoms with Crippen LogP contribution in [-0.2, 0) is 20.8 Å². The molecule has 188 valence electrons. The summed E-state index contributed by atoms with van der Waals surface area (Å²) in [5.41, 5.74) is -4.26. The van der Waals surface area contributed by atoms with Crippen molar-refractivity contribution in [2.45, 2.75) is 72.8 Å². The third-order valence-electron chi connectivity index (χ3n) is 8.53. The van der Waals surface area contributed by atoms with Crippen molar-refractivity contribution in [3.63, 3.8) is 0 Å². The molecule has 1 aromatic carbocycles. The van der Waals surface area contributed by atoms with E-state index in [-0.39, 0.29) is 41.6 Å². The van der Waals surface area contributed by atoms with Gasteiger partial charge in [0, 0.05) is 22.3 Å². The molecule has 4 N–H and O–H groups in total. The smallest absolute Gasteiger partial charge is 0.203 e. The molecule has 0 radical (unpaired) electrons. The van der Waals surface area contributed by atoms with Crippen LogP contribution in [0.1, 0.15) is 77.5 Å². The lowest BCUT2D eigenvalue weighted by Crippen LogP contribution is -2.69. The maximum atomic E-state index is 14.2. The van der Waals surface area contributed by atoms with Crippen LogP contribution in [0, 0.1) is 22.7 Å². The number of benzene rings is 1. The van der Waals surface area contributed by atoms with Crippen molar-refractivity contribution in [3.05, 3.63) is 45.7 Å². The molecule has 35 heavy (non-hydrogen) atoms. The van der Waals surface area contributed by atoms with Gasteiger partial charge < -0.3 is 20.4 Å². The van der Waals surface area contributed by atoms with Crippen LogP contribution in [0.4, 0.5) is 0 Å². The SMILES string of the molecule is CC(=O)C1=C(O)[C@]2(O)C(=O)C3=C(O)c4c(ccc(C(C)C)c4O)C[C@]3(C)C[C@]2(C)C(C(C)C)C1=O. The zero-order valence-corrected chi connectivity index (χ0v) is 21.3. The fourth-order valence-electron chi connectivity index (χ4n) is 7.19. The molecule has 7 nitrogen and oxygen atoms in total. The van der Waals surface area contributed by atoms with Gasteiger partial charge in [-0.2, -0.15) is 0 Å². The van der Waals surface area contributed by atoms with Crippen molar-refractivity contribution in [1.29, 1.82) is 0 Å². The monoisotopic (exact) mass is 482 g/mol. The average Bonchev–Trinajstić information content (AvgIpc) is 2.69.